The summed E-state index contributed by atoms with van der Waals surface area (Å²) in [6.45, 7) is 8.94. The second-order valence-electron chi connectivity index (χ2n) is 8.53. The van der Waals surface area contributed by atoms with Gasteiger partial charge in [-0.15, -0.1) is 0 Å². The number of hydrogen-bond acceptors (Lipinski definition) is 8. The Hall–Kier alpha value is -0.880. The molecule has 1 rings (SSSR count). The number of piperazine rings is 1. The molecule has 1 aliphatic heterocycles. The van der Waals surface area contributed by atoms with Gasteiger partial charge in [-0.25, -0.2) is 5.01 Å². The third kappa shape index (κ3) is 6.66. The van der Waals surface area contributed by atoms with E-state index in [0.717, 1.165) is 13.1 Å². The topological polar surface area (TPSA) is 194 Å². The maximum atomic E-state index is 13.7. The van der Waals surface area contributed by atoms with E-state index in [4.69, 9.17) is 10.6 Å². The molecule has 13 nitrogen and oxygen atoms in total. The Morgan fingerprint density at radius 2 is 1.44 bits per heavy atom. The van der Waals surface area contributed by atoms with Crippen LogP contribution in [0.4, 0.5) is 0 Å². The Bertz CT molecular complexity index is 767. The van der Waals surface area contributed by atoms with Crippen LogP contribution in [0.3, 0.4) is 0 Å². The molecule has 6 N–H and O–H groups in total. The van der Waals surface area contributed by atoms with Crippen LogP contribution in [0.25, 0.3) is 0 Å². The predicted molar refractivity (Wildman–Crippen MR) is 125 cm³/mol. The number of hydrogen-bond donors (Lipinski definition) is 5. The van der Waals surface area contributed by atoms with Gasteiger partial charge in [-0.3, -0.25) is 29.5 Å². The van der Waals surface area contributed by atoms with Gasteiger partial charge in [-0.2, -0.15) is 0 Å². The van der Waals surface area contributed by atoms with Crippen molar-refractivity contribution in [2.45, 2.75) is 58.4 Å². The number of ether oxygens (including phenoxy) is 1. The Morgan fingerprint density at radius 1 is 0.941 bits per heavy atom. The van der Waals surface area contributed by atoms with Crippen LogP contribution in [-0.2, 0) is 23.5 Å². The van der Waals surface area contributed by atoms with Gasteiger partial charge in [0.15, 0.2) is 0 Å². The first kappa shape index (κ1) is 31.2. The number of rotatable bonds is 13. The Kier molecular flexibility index (Phi) is 11.3. The zero-order chi connectivity index (χ0) is 26.4. The van der Waals surface area contributed by atoms with Crippen LogP contribution in [0.5, 0.6) is 0 Å². The summed E-state index contributed by atoms with van der Waals surface area (Å²) in [7, 11) is -11.0. The first-order valence-electron chi connectivity index (χ1n) is 11.5. The van der Waals surface area contributed by atoms with E-state index < -0.39 is 43.9 Å². The minimum absolute atomic E-state index is 0.0997. The summed E-state index contributed by atoms with van der Waals surface area (Å²) in [6, 6.07) is 0. The number of carbonyl (C=O) groups is 2. The summed E-state index contributed by atoms with van der Waals surface area (Å²) in [5.41, 5.74) is -1.44. The third-order valence-electron chi connectivity index (χ3n) is 6.77. The van der Waals surface area contributed by atoms with Gasteiger partial charge in [0.1, 0.15) is 6.61 Å². The molecule has 1 saturated heterocycles. The van der Waals surface area contributed by atoms with Gasteiger partial charge in [0.05, 0.1) is 11.8 Å². The molecule has 0 aliphatic carbocycles. The molecule has 200 valence electrons. The number of amides is 1. The Morgan fingerprint density at radius 3 is 1.82 bits per heavy atom. The lowest BCUT2D eigenvalue weighted by Gasteiger charge is -2.46. The quantitative estimate of drug-likeness (QED) is 0.126. The van der Waals surface area contributed by atoms with Crippen molar-refractivity contribution >= 4 is 27.1 Å². The lowest BCUT2D eigenvalue weighted by Crippen LogP contribution is -2.56. The summed E-state index contributed by atoms with van der Waals surface area (Å²) < 4.78 is 30.1. The first-order valence-corrected chi connectivity index (χ1v) is 14.7. The fourth-order valence-corrected chi connectivity index (χ4v) is 7.69. The van der Waals surface area contributed by atoms with Crippen molar-refractivity contribution in [1.82, 2.24) is 14.8 Å². The Balaban J connectivity index is 3.10. The number of nitrogens with zero attached hydrogens (tertiary/aromatic N) is 3. The molecule has 0 unspecified atom stereocenters. The summed E-state index contributed by atoms with van der Waals surface area (Å²) in [4.78, 5) is 68.9. The van der Waals surface area contributed by atoms with E-state index in [9.17, 15) is 38.3 Å². The van der Waals surface area contributed by atoms with Crippen molar-refractivity contribution in [3.05, 3.63) is 0 Å². The zero-order valence-electron chi connectivity index (χ0n) is 20.4. The van der Waals surface area contributed by atoms with E-state index >= 15 is 0 Å². The van der Waals surface area contributed by atoms with Crippen LogP contribution in [0.1, 0.15) is 53.4 Å². The average Bonchev–Trinajstić information content (AvgIpc) is 2.74. The molecular weight excluding hydrogens is 490 g/mol. The van der Waals surface area contributed by atoms with Crippen LogP contribution in [0.15, 0.2) is 0 Å². The molecule has 0 bridgehead atoms. The largest absolute Gasteiger partial charge is 0.464 e. The standard InChI is InChI=1S/C19H40N4O9P2/c1-5-18(6-2,15-16(24)32-14-13-21-9-11-22(20)12-10-21)17(25)23(8-4)19(7-3,33(26,27)28)34(29,30)31/h5-15,20H2,1-4H3,(H2,26,27,28)(H2,29,30,31). The van der Waals surface area contributed by atoms with Gasteiger partial charge in [0.2, 0.25) is 10.9 Å². The lowest BCUT2D eigenvalue weighted by atomic mass is 9.77. The maximum Gasteiger partial charge on any atom is 0.363 e. The highest BCUT2D eigenvalue weighted by atomic mass is 31.2. The minimum atomic E-state index is -5.51. The SMILES string of the molecule is CCN(C(=O)C(CC)(CC)CC(=O)OCCN1CCN(N)CC1)C(CC)(P(=O)(O)O)P(=O)(O)O. The van der Waals surface area contributed by atoms with Crippen LogP contribution in [0, 0.1) is 5.41 Å². The molecule has 0 aromatic rings. The molecule has 0 saturated carbocycles. The smallest absolute Gasteiger partial charge is 0.363 e. The second kappa shape index (κ2) is 12.4. The summed E-state index contributed by atoms with van der Waals surface area (Å²) >= 11 is 0. The molecule has 0 aromatic heterocycles. The average molecular weight is 530 g/mol. The molecular formula is C19H40N4O9P2. The van der Waals surface area contributed by atoms with Crippen molar-refractivity contribution in [1.29, 1.82) is 0 Å². The van der Waals surface area contributed by atoms with E-state index in [2.05, 4.69) is 4.90 Å². The first-order chi connectivity index (χ1) is 15.7. The molecule has 15 heteroatoms. The van der Waals surface area contributed by atoms with Crippen molar-refractivity contribution in [2.75, 3.05) is 45.9 Å². The minimum Gasteiger partial charge on any atom is -0.464 e. The number of carbonyl (C=O) groups excluding carboxylic acids is 2. The molecule has 1 aliphatic rings. The van der Waals surface area contributed by atoms with Crippen LogP contribution >= 0.6 is 15.2 Å². The highest BCUT2D eigenvalue weighted by Gasteiger charge is 2.65. The van der Waals surface area contributed by atoms with Crippen LogP contribution in [0.2, 0.25) is 0 Å². The molecule has 1 heterocycles. The van der Waals surface area contributed by atoms with Gasteiger partial charge < -0.3 is 29.2 Å². The molecule has 0 spiro atoms. The van der Waals surface area contributed by atoms with E-state index in [-0.39, 0.29) is 32.4 Å². The van der Waals surface area contributed by atoms with Gasteiger partial charge in [0.25, 0.3) is 0 Å². The second-order valence-corrected chi connectivity index (χ2v) is 12.5. The van der Waals surface area contributed by atoms with E-state index in [0.29, 0.717) is 24.5 Å². The van der Waals surface area contributed by atoms with E-state index in [1.54, 1.807) is 18.9 Å². The van der Waals surface area contributed by atoms with Gasteiger partial charge in [-0.1, -0.05) is 20.8 Å². The summed E-state index contributed by atoms with van der Waals surface area (Å²) in [5, 5.41) is -1.31. The number of esters is 1. The normalized spacial score (nSPS) is 17.0. The number of hydrazine groups is 1. The summed E-state index contributed by atoms with van der Waals surface area (Å²) in [5.74, 6) is 4.15. The molecule has 1 fully saturated rings. The summed E-state index contributed by atoms with van der Waals surface area (Å²) in [6.07, 6.45) is -0.845. The van der Waals surface area contributed by atoms with Crippen LogP contribution < -0.4 is 5.84 Å². The van der Waals surface area contributed by atoms with Crippen molar-refractivity contribution in [2.24, 2.45) is 11.3 Å². The van der Waals surface area contributed by atoms with Crippen molar-refractivity contribution < 1.29 is 43.0 Å². The van der Waals surface area contributed by atoms with Gasteiger partial charge >= 0.3 is 21.2 Å². The van der Waals surface area contributed by atoms with Crippen molar-refractivity contribution in [3.8, 4) is 0 Å². The van der Waals surface area contributed by atoms with Gasteiger partial charge in [0, 0.05) is 39.3 Å². The number of nitrogens with two attached hydrogens (primary N) is 1. The van der Waals surface area contributed by atoms with Crippen LogP contribution in [-0.4, -0.2) is 97.2 Å². The third-order valence-corrected chi connectivity index (χ3v) is 11.3. The highest BCUT2D eigenvalue weighted by Crippen LogP contribution is 2.72. The monoisotopic (exact) mass is 530 g/mol. The fraction of sp³-hybridized carbons (Fsp3) is 0.895. The predicted octanol–water partition coefficient (Wildman–Crippen LogP) is 0.485. The lowest BCUT2D eigenvalue weighted by molar-refractivity contribution is -0.156. The van der Waals surface area contributed by atoms with E-state index in [1.807, 2.05) is 0 Å². The maximum absolute atomic E-state index is 13.7. The fourth-order valence-electron chi connectivity index (χ4n) is 4.41. The molecule has 1 amide bonds. The highest BCUT2D eigenvalue weighted by molar-refractivity contribution is 7.72. The molecule has 0 atom stereocenters. The van der Waals surface area contributed by atoms with Crippen molar-refractivity contribution in [3.63, 3.8) is 0 Å². The van der Waals surface area contributed by atoms with E-state index in [1.165, 1.54) is 13.8 Å². The molecule has 0 aromatic carbocycles. The zero-order valence-corrected chi connectivity index (χ0v) is 22.2. The van der Waals surface area contributed by atoms with Gasteiger partial charge in [-0.05, 0) is 26.2 Å². The molecule has 0 radical (unpaired) electrons. The molecule has 34 heavy (non-hydrogen) atoms. The Labute approximate surface area is 200 Å².